The summed E-state index contributed by atoms with van der Waals surface area (Å²) in [5.74, 6) is 0.746. The summed E-state index contributed by atoms with van der Waals surface area (Å²) in [6.45, 7) is 0. The van der Waals surface area contributed by atoms with Crippen LogP contribution in [0.15, 0.2) is 29.6 Å². The van der Waals surface area contributed by atoms with Crippen LogP contribution in [0.5, 0.6) is 0 Å². The van der Waals surface area contributed by atoms with E-state index >= 15 is 0 Å². The molecule has 1 heterocycles. The summed E-state index contributed by atoms with van der Waals surface area (Å²) >= 11 is 7.20. The molecule has 2 aromatic rings. The number of fused-ring (bicyclic) bond motifs is 1. The number of halogens is 1. The van der Waals surface area contributed by atoms with Gasteiger partial charge in [0.1, 0.15) is 0 Å². The van der Waals surface area contributed by atoms with E-state index in [1.165, 1.54) is 0 Å². The van der Waals surface area contributed by atoms with E-state index in [-0.39, 0.29) is 5.78 Å². The molecule has 15 heavy (non-hydrogen) atoms. The second-order valence-electron chi connectivity index (χ2n) is 3.36. The highest BCUT2D eigenvalue weighted by molar-refractivity contribution is 7.17. The maximum Gasteiger partial charge on any atom is 0.164 e. The van der Waals surface area contributed by atoms with Crippen LogP contribution in [-0.2, 0) is 0 Å². The van der Waals surface area contributed by atoms with Crippen LogP contribution in [0.3, 0.4) is 0 Å². The molecule has 0 N–H and O–H groups in total. The van der Waals surface area contributed by atoms with Crippen molar-refractivity contribution in [3.8, 4) is 0 Å². The standard InChI is InChI=1S/C12H11ClOS/c13-7-2-5-11(14)10-4-1-3-9-6-8-15-12(9)10/h1,3-4,6,8H,2,5,7H2. The van der Waals surface area contributed by atoms with Gasteiger partial charge in [-0.25, -0.2) is 0 Å². The normalized spacial score (nSPS) is 10.7. The number of hydrogen-bond donors (Lipinski definition) is 0. The van der Waals surface area contributed by atoms with Gasteiger partial charge in [-0.1, -0.05) is 12.1 Å². The first-order chi connectivity index (χ1) is 7.33. The minimum atomic E-state index is 0.198. The monoisotopic (exact) mass is 238 g/mol. The quantitative estimate of drug-likeness (QED) is 0.579. The summed E-state index contributed by atoms with van der Waals surface area (Å²) in [6.07, 6.45) is 1.29. The molecular formula is C12H11ClOS. The summed E-state index contributed by atoms with van der Waals surface area (Å²) in [6, 6.07) is 7.90. The first-order valence-electron chi connectivity index (χ1n) is 4.88. The Hall–Kier alpha value is -0.860. The number of Topliss-reactive ketones (excluding diaryl/α,β-unsaturated/α-hetero) is 1. The highest BCUT2D eigenvalue weighted by Crippen LogP contribution is 2.25. The first-order valence-corrected chi connectivity index (χ1v) is 6.29. The van der Waals surface area contributed by atoms with E-state index in [1.807, 2.05) is 29.6 Å². The molecule has 1 nitrogen and oxygen atoms in total. The summed E-state index contributed by atoms with van der Waals surface area (Å²) in [5, 5.41) is 3.17. The molecule has 0 spiro atoms. The van der Waals surface area contributed by atoms with E-state index in [0.717, 1.165) is 22.1 Å². The topological polar surface area (TPSA) is 17.1 Å². The minimum absolute atomic E-state index is 0.198. The van der Waals surface area contributed by atoms with Gasteiger partial charge in [0, 0.05) is 22.6 Å². The summed E-state index contributed by atoms with van der Waals surface area (Å²) in [4.78, 5) is 11.9. The number of rotatable bonds is 4. The summed E-state index contributed by atoms with van der Waals surface area (Å²) in [7, 11) is 0. The van der Waals surface area contributed by atoms with Crippen LogP contribution in [0.2, 0.25) is 0 Å². The Morgan fingerprint density at radius 1 is 1.33 bits per heavy atom. The number of carbonyl (C=O) groups excluding carboxylic acids is 1. The minimum Gasteiger partial charge on any atom is -0.294 e. The molecule has 0 fully saturated rings. The van der Waals surface area contributed by atoms with E-state index < -0.39 is 0 Å². The molecule has 3 heteroatoms. The van der Waals surface area contributed by atoms with Gasteiger partial charge in [0.15, 0.2) is 5.78 Å². The first kappa shape index (κ1) is 10.7. The van der Waals surface area contributed by atoms with E-state index in [1.54, 1.807) is 11.3 Å². The fourth-order valence-corrected chi connectivity index (χ4v) is 2.64. The van der Waals surface area contributed by atoms with Gasteiger partial charge < -0.3 is 0 Å². The molecule has 0 radical (unpaired) electrons. The van der Waals surface area contributed by atoms with Gasteiger partial charge in [-0.05, 0) is 29.3 Å². The van der Waals surface area contributed by atoms with E-state index in [4.69, 9.17) is 11.6 Å². The molecule has 0 unspecified atom stereocenters. The van der Waals surface area contributed by atoms with Gasteiger partial charge in [-0.2, -0.15) is 0 Å². The SMILES string of the molecule is O=C(CCCCl)c1cccc2ccsc12. The van der Waals surface area contributed by atoms with Crippen LogP contribution in [0, 0.1) is 0 Å². The molecule has 0 bridgehead atoms. The zero-order valence-electron chi connectivity index (χ0n) is 8.20. The number of ketones is 1. The van der Waals surface area contributed by atoms with Crippen molar-refractivity contribution in [3.05, 3.63) is 35.2 Å². The molecule has 0 aliphatic rings. The lowest BCUT2D eigenvalue weighted by molar-refractivity contribution is 0.0983. The van der Waals surface area contributed by atoms with Crippen LogP contribution < -0.4 is 0 Å². The lowest BCUT2D eigenvalue weighted by atomic mass is 10.1. The molecule has 0 saturated heterocycles. The molecular weight excluding hydrogens is 228 g/mol. The van der Waals surface area contributed by atoms with Crippen LogP contribution in [-0.4, -0.2) is 11.7 Å². The van der Waals surface area contributed by atoms with Crippen LogP contribution in [0.25, 0.3) is 10.1 Å². The van der Waals surface area contributed by atoms with Crippen molar-refractivity contribution in [2.24, 2.45) is 0 Å². The van der Waals surface area contributed by atoms with E-state index in [2.05, 4.69) is 0 Å². The predicted octanol–water partition coefficient (Wildman–Crippen LogP) is 4.10. The Labute approximate surface area is 97.7 Å². The van der Waals surface area contributed by atoms with Gasteiger partial charge in [0.25, 0.3) is 0 Å². The lowest BCUT2D eigenvalue weighted by Crippen LogP contribution is -1.99. The van der Waals surface area contributed by atoms with Crippen molar-refractivity contribution < 1.29 is 4.79 Å². The second kappa shape index (κ2) is 4.77. The van der Waals surface area contributed by atoms with Crippen molar-refractivity contribution in [2.75, 3.05) is 5.88 Å². The average molecular weight is 239 g/mol. The summed E-state index contributed by atoms with van der Waals surface area (Å²) in [5.41, 5.74) is 0.840. The van der Waals surface area contributed by atoms with Crippen molar-refractivity contribution >= 4 is 38.8 Å². The molecule has 0 atom stereocenters. The highest BCUT2D eigenvalue weighted by Gasteiger charge is 2.09. The second-order valence-corrected chi connectivity index (χ2v) is 4.65. The number of benzene rings is 1. The Balaban J connectivity index is 2.34. The van der Waals surface area contributed by atoms with Gasteiger partial charge in [0.05, 0.1) is 0 Å². The smallest absolute Gasteiger partial charge is 0.164 e. The Morgan fingerprint density at radius 2 is 2.20 bits per heavy atom. The maximum atomic E-state index is 11.9. The Morgan fingerprint density at radius 3 is 3.00 bits per heavy atom. The van der Waals surface area contributed by atoms with Crippen molar-refractivity contribution in [3.63, 3.8) is 0 Å². The lowest BCUT2D eigenvalue weighted by Gasteiger charge is -2.00. The number of thiophene rings is 1. The molecule has 1 aromatic carbocycles. The zero-order valence-corrected chi connectivity index (χ0v) is 9.77. The molecule has 0 aliphatic heterocycles. The van der Waals surface area contributed by atoms with Crippen LogP contribution in [0.4, 0.5) is 0 Å². The fraction of sp³-hybridized carbons (Fsp3) is 0.250. The van der Waals surface area contributed by atoms with E-state index in [0.29, 0.717) is 12.3 Å². The molecule has 0 amide bonds. The molecule has 78 valence electrons. The number of carbonyl (C=O) groups is 1. The molecule has 1 aromatic heterocycles. The van der Waals surface area contributed by atoms with E-state index in [9.17, 15) is 4.79 Å². The predicted molar refractivity (Wildman–Crippen MR) is 66.1 cm³/mol. The third-order valence-electron chi connectivity index (χ3n) is 2.32. The Bertz CT molecular complexity index is 475. The third kappa shape index (κ3) is 2.21. The van der Waals surface area contributed by atoms with Gasteiger partial charge in [-0.3, -0.25) is 4.79 Å². The molecule has 2 rings (SSSR count). The van der Waals surface area contributed by atoms with Gasteiger partial charge in [0.2, 0.25) is 0 Å². The largest absolute Gasteiger partial charge is 0.294 e. The van der Waals surface area contributed by atoms with Gasteiger partial charge >= 0.3 is 0 Å². The van der Waals surface area contributed by atoms with Crippen molar-refractivity contribution in [2.45, 2.75) is 12.8 Å². The zero-order chi connectivity index (χ0) is 10.7. The fourth-order valence-electron chi connectivity index (χ4n) is 1.57. The number of alkyl halides is 1. The average Bonchev–Trinajstić information content (AvgIpc) is 2.73. The summed E-state index contributed by atoms with van der Waals surface area (Å²) < 4.78 is 1.09. The molecule has 0 saturated carbocycles. The third-order valence-corrected chi connectivity index (χ3v) is 3.55. The maximum absolute atomic E-state index is 11.9. The van der Waals surface area contributed by atoms with Crippen LogP contribution in [0.1, 0.15) is 23.2 Å². The van der Waals surface area contributed by atoms with Crippen molar-refractivity contribution in [1.82, 2.24) is 0 Å². The van der Waals surface area contributed by atoms with Crippen LogP contribution >= 0.6 is 22.9 Å². The Kier molecular flexibility index (Phi) is 3.39. The van der Waals surface area contributed by atoms with Crippen molar-refractivity contribution in [1.29, 1.82) is 0 Å². The van der Waals surface area contributed by atoms with Gasteiger partial charge in [-0.15, -0.1) is 22.9 Å². The number of hydrogen-bond acceptors (Lipinski definition) is 2. The molecule has 0 aliphatic carbocycles. The highest BCUT2D eigenvalue weighted by atomic mass is 35.5.